The molecule has 0 saturated carbocycles. The van der Waals surface area contributed by atoms with Crippen LogP contribution in [0.2, 0.25) is 5.02 Å². The van der Waals surface area contributed by atoms with Gasteiger partial charge in [-0.2, -0.15) is 0 Å². The van der Waals surface area contributed by atoms with Crippen molar-refractivity contribution in [3.63, 3.8) is 0 Å². The van der Waals surface area contributed by atoms with Gasteiger partial charge in [-0.15, -0.1) is 0 Å². The molecule has 2 aliphatic rings. The standard InChI is InChI=1S/C16H18ClN3O3/c17-10-3-4-12(19-15(22)13-5-6-14(21)18-13)11(9-10)16(23)20-7-1-2-8-20/h3-4,9,13H,1-2,5-8H2,(H,18,21)(H,19,22). The molecule has 2 N–H and O–H groups in total. The van der Waals surface area contributed by atoms with Crippen LogP contribution < -0.4 is 10.6 Å². The van der Waals surface area contributed by atoms with E-state index in [9.17, 15) is 14.4 Å². The first-order valence-corrected chi connectivity index (χ1v) is 8.11. The van der Waals surface area contributed by atoms with E-state index in [1.807, 2.05) is 0 Å². The van der Waals surface area contributed by atoms with Crippen LogP contribution in [0.4, 0.5) is 5.69 Å². The second-order valence-corrected chi connectivity index (χ2v) is 6.27. The Morgan fingerprint density at radius 3 is 2.65 bits per heavy atom. The highest BCUT2D eigenvalue weighted by atomic mass is 35.5. The van der Waals surface area contributed by atoms with Gasteiger partial charge in [0.15, 0.2) is 0 Å². The number of anilines is 1. The molecule has 6 nitrogen and oxygen atoms in total. The Hall–Kier alpha value is -2.08. The summed E-state index contributed by atoms with van der Waals surface area (Å²) >= 11 is 6.01. The van der Waals surface area contributed by atoms with E-state index in [2.05, 4.69) is 10.6 Å². The summed E-state index contributed by atoms with van der Waals surface area (Å²) in [6, 6.07) is 4.28. The van der Waals surface area contributed by atoms with Gasteiger partial charge in [-0.25, -0.2) is 0 Å². The van der Waals surface area contributed by atoms with Gasteiger partial charge in [0.2, 0.25) is 11.8 Å². The number of nitrogens with zero attached hydrogens (tertiary/aromatic N) is 1. The maximum absolute atomic E-state index is 12.6. The summed E-state index contributed by atoms with van der Waals surface area (Å²) in [5.41, 5.74) is 0.814. The SMILES string of the molecule is O=C1CCC(C(=O)Nc2ccc(Cl)cc2C(=O)N2CCCC2)N1. The Kier molecular flexibility index (Phi) is 4.52. The molecule has 1 aromatic carbocycles. The zero-order valence-corrected chi connectivity index (χ0v) is 13.4. The molecule has 0 spiro atoms. The van der Waals surface area contributed by atoms with Crippen LogP contribution >= 0.6 is 11.6 Å². The van der Waals surface area contributed by atoms with Crippen molar-refractivity contribution in [1.82, 2.24) is 10.2 Å². The minimum absolute atomic E-state index is 0.129. The summed E-state index contributed by atoms with van der Waals surface area (Å²) in [4.78, 5) is 37.9. The van der Waals surface area contributed by atoms with Crippen molar-refractivity contribution in [3.05, 3.63) is 28.8 Å². The summed E-state index contributed by atoms with van der Waals surface area (Å²) < 4.78 is 0. The summed E-state index contributed by atoms with van der Waals surface area (Å²) in [6.45, 7) is 1.44. The van der Waals surface area contributed by atoms with Crippen LogP contribution in [0.3, 0.4) is 0 Å². The van der Waals surface area contributed by atoms with Crippen LogP contribution in [0.15, 0.2) is 18.2 Å². The Labute approximate surface area is 139 Å². The van der Waals surface area contributed by atoms with Crippen molar-refractivity contribution in [2.24, 2.45) is 0 Å². The number of likely N-dealkylation sites (tertiary alicyclic amines) is 1. The minimum atomic E-state index is -0.548. The number of carbonyl (C=O) groups excluding carboxylic acids is 3. The smallest absolute Gasteiger partial charge is 0.256 e. The molecule has 1 aromatic rings. The lowest BCUT2D eigenvalue weighted by Gasteiger charge is -2.19. The van der Waals surface area contributed by atoms with Crippen LogP contribution in [0.25, 0.3) is 0 Å². The first kappa shape index (κ1) is 15.8. The Morgan fingerprint density at radius 2 is 2.00 bits per heavy atom. The van der Waals surface area contributed by atoms with Crippen molar-refractivity contribution in [1.29, 1.82) is 0 Å². The Bertz CT molecular complexity index is 656. The van der Waals surface area contributed by atoms with E-state index in [1.54, 1.807) is 23.1 Å². The molecule has 1 unspecified atom stereocenters. The van der Waals surface area contributed by atoms with Crippen molar-refractivity contribution in [2.75, 3.05) is 18.4 Å². The highest BCUT2D eigenvalue weighted by molar-refractivity contribution is 6.31. The van der Waals surface area contributed by atoms with Crippen molar-refractivity contribution in [2.45, 2.75) is 31.7 Å². The molecule has 2 heterocycles. The van der Waals surface area contributed by atoms with Crippen LogP contribution in [-0.2, 0) is 9.59 Å². The molecule has 2 saturated heterocycles. The fourth-order valence-electron chi connectivity index (χ4n) is 2.92. The zero-order valence-electron chi connectivity index (χ0n) is 12.6. The quantitative estimate of drug-likeness (QED) is 0.884. The highest BCUT2D eigenvalue weighted by Crippen LogP contribution is 2.24. The van der Waals surface area contributed by atoms with Crippen LogP contribution in [0, 0.1) is 0 Å². The van der Waals surface area contributed by atoms with Gasteiger partial charge >= 0.3 is 0 Å². The average molecular weight is 336 g/mol. The average Bonchev–Trinajstić information content (AvgIpc) is 3.19. The van der Waals surface area contributed by atoms with Gasteiger partial charge < -0.3 is 15.5 Å². The first-order chi connectivity index (χ1) is 11.0. The molecule has 0 aromatic heterocycles. The van der Waals surface area contributed by atoms with E-state index in [1.165, 1.54) is 0 Å². The van der Waals surface area contributed by atoms with E-state index < -0.39 is 6.04 Å². The van der Waals surface area contributed by atoms with Gasteiger partial charge in [0, 0.05) is 24.5 Å². The Morgan fingerprint density at radius 1 is 1.26 bits per heavy atom. The molecule has 3 amide bonds. The van der Waals surface area contributed by atoms with Crippen molar-refractivity contribution in [3.8, 4) is 0 Å². The largest absolute Gasteiger partial charge is 0.344 e. The maximum Gasteiger partial charge on any atom is 0.256 e. The fraction of sp³-hybridized carbons (Fsp3) is 0.438. The monoisotopic (exact) mass is 335 g/mol. The van der Waals surface area contributed by atoms with E-state index in [0.29, 0.717) is 29.1 Å². The van der Waals surface area contributed by atoms with Crippen molar-refractivity contribution >= 4 is 35.0 Å². The van der Waals surface area contributed by atoms with E-state index in [4.69, 9.17) is 11.6 Å². The fourth-order valence-corrected chi connectivity index (χ4v) is 3.10. The van der Waals surface area contributed by atoms with E-state index >= 15 is 0 Å². The number of halogens is 1. The number of amides is 3. The van der Waals surface area contributed by atoms with E-state index in [0.717, 1.165) is 25.9 Å². The lowest BCUT2D eigenvalue weighted by Crippen LogP contribution is -2.38. The molecule has 122 valence electrons. The lowest BCUT2D eigenvalue weighted by atomic mass is 10.1. The topological polar surface area (TPSA) is 78.5 Å². The molecule has 2 aliphatic heterocycles. The lowest BCUT2D eigenvalue weighted by molar-refractivity contribution is -0.122. The van der Waals surface area contributed by atoms with Crippen LogP contribution in [0.1, 0.15) is 36.0 Å². The van der Waals surface area contributed by atoms with Gasteiger partial charge in [-0.1, -0.05) is 11.6 Å². The maximum atomic E-state index is 12.6. The second kappa shape index (κ2) is 6.58. The van der Waals surface area contributed by atoms with E-state index in [-0.39, 0.29) is 17.7 Å². The molecule has 0 radical (unpaired) electrons. The first-order valence-electron chi connectivity index (χ1n) is 7.73. The third kappa shape index (κ3) is 3.47. The van der Waals surface area contributed by atoms with Gasteiger partial charge in [-0.05, 0) is 37.5 Å². The zero-order chi connectivity index (χ0) is 16.4. The number of nitrogens with one attached hydrogen (secondary N) is 2. The number of rotatable bonds is 3. The number of hydrogen-bond donors (Lipinski definition) is 2. The molecule has 1 atom stereocenters. The number of hydrogen-bond acceptors (Lipinski definition) is 3. The van der Waals surface area contributed by atoms with Crippen LogP contribution in [-0.4, -0.2) is 41.8 Å². The predicted molar refractivity (Wildman–Crippen MR) is 86.4 cm³/mol. The molecular formula is C16H18ClN3O3. The third-order valence-corrected chi connectivity index (χ3v) is 4.41. The Balaban J connectivity index is 1.79. The third-order valence-electron chi connectivity index (χ3n) is 4.17. The second-order valence-electron chi connectivity index (χ2n) is 5.84. The van der Waals surface area contributed by atoms with Gasteiger partial charge in [-0.3, -0.25) is 14.4 Å². The molecule has 7 heteroatoms. The predicted octanol–water partition coefficient (Wildman–Crippen LogP) is 1.79. The normalized spacial score (nSPS) is 20.5. The van der Waals surface area contributed by atoms with Crippen molar-refractivity contribution < 1.29 is 14.4 Å². The summed E-state index contributed by atoms with van der Waals surface area (Å²) in [6.07, 6.45) is 2.79. The summed E-state index contributed by atoms with van der Waals surface area (Å²) in [5.74, 6) is -0.570. The number of carbonyl (C=O) groups is 3. The van der Waals surface area contributed by atoms with Gasteiger partial charge in [0.25, 0.3) is 5.91 Å². The van der Waals surface area contributed by atoms with Crippen LogP contribution in [0.5, 0.6) is 0 Å². The molecular weight excluding hydrogens is 318 g/mol. The van der Waals surface area contributed by atoms with Gasteiger partial charge in [0.05, 0.1) is 11.3 Å². The minimum Gasteiger partial charge on any atom is -0.344 e. The summed E-state index contributed by atoms with van der Waals surface area (Å²) in [5, 5.41) is 5.81. The molecule has 0 aliphatic carbocycles. The van der Waals surface area contributed by atoms with Gasteiger partial charge in [0.1, 0.15) is 6.04 Å². The highest BCUT2D eigenvalue weighted by Gasteiger charge is 2.29. The number of benzene rings is 1. The molecule has 0 bridgehead atoms. The molecule has 23 heavy (non-hydrogen) atoms. The molecule has 2 fully saturated rings. The molecule has 3 rings (SSSR count). The summed E-state index contributed by atoms with van der Waals surface area (Å²) in [7, 11) is 0.